The molecular formula is C19H29NO4. The van der Waals surface area contributed by atoms with Crippen molar-refractivity contribution in [1.82, 2.24) is 4.90 Å². The molecule has 1 saturated carbocycles. The summed E-state index contributed by atoms with van der Waals surface area (Å²) in [6.45, 7) is 5.88. The molecule has 2 fully saturated rings. The first kappa shape index (κ1) is 17.5. The van der Waals surface area contributed by atoms with E-state index in [1.807, 2.05) is 19.9 Å². The predicted octanol–water partition coefficient (Wildman–Crippen LogP) is 3.21. The molecule has 0 amide bonds. The lowest BCUT2D eigenvalue weighted by Crippen LogP contribution is -2.46. The second kappa shape index (κ2) is 7.28. The molecule has 2 heterocycles. The van der Waals surface area contributed by atoms with Crippen molar-refractivity contribution in [3.8, 4) is 0 Å². The Hall–Kier alpha value is -1.33. The van der Waals surface area contributed by atoms with Gasteiger partial charge >= 0.3 is 5.97 Å². The lowest BCUT2D eigenvalue weighted by molar-refractivity contribution is -0.151. The molecule has 2 aliphatic rings. The Bertz CT molecular complexity index is 559. The third-order valence-electron chi connectivity index (χ3n) is 5.49. The topological polar surface area (TPSA) is 62.9 Å². The Morgan fingerprint density at radius 2 is 2.12 bits per heavy atom. The SMILES string of the molecule is CCOC(=O)C1CCC(O)(CN2CCC[C@@H]2c2ccc(C)o2)CC1. The summed E-state index contributed by atoms with van der Waals surface area (Å²) >= 11 is 0. The van der Waals surface area contributed by atoms with Crippen LogP contribution in [-0.4, -0.2) is 41.3 Å². The van der Waals surface area contributed by atoms with Gasteiger partial charge in [0.15, 0.2) is 0 Å². The van der Waals surface area contributed by atoms with Crippen molar-refractivity contribution in [2.45, 2.75) is 64.0 Å². The minimum atomic E-state index is -0.701. The highest BCUT2D eigenvalue weighted by molar-refractivity contribution is 5.72. The molecule has 1 aromatic heterocycles. The van der Waals surface area contributed by atoms with Gasteiger partial charge in [0, 0.05) is 6.54 Å². The Morgan fingerprint density at radius 1 is 1.38 bits per heavy atom. The normalized spacial score (nSPS) is 31.3. The number of β-amino-alcohol motifs (C(OH)–C–C–N with tert-alkyl or cyclic N) is 1. The van der Waals surface area contributed by atoms with Gasteiger partial charge in [0.05, 0.1) is 24.2 Å². The van der Waals surface area contributed by atoms with Crippen LogP contribution < -0.4 is 0 Å². The van der Waals surface area contributed by atoms with Gasteiger partial charge in [-0.2, -0.15) is 0 Å². The Balaban J connectivity index is 1.58. The van der Waals surface area contributed by atoms with E-state index in [0.717, 1.165) is 30.9 Å². The number of furan rings is 1. The fourth-order valence-corrected chi connectivity index (χ4v) is 4.16. The van der Waals surface area contributed by atoms with Crippen LogP contribution in [0.4, 0.5) is 0 Å². The third-order valence-corrected chi connectivity index (χ3v) is 5.49. The molecule has 5 heteroatoms. The first-order chi connectivity index (χ1) is 11.5. The lowest BCUT2D eigenvalue weighted by Gasteiger charge is -2.39. The molecule has 0 unspecified atom stereocenters. The van der Waals surface area contributed by atoms with Crippen LogP contribution in [0.2, 0.25) is 0 Å². The van der Waals surface area contributed by atoms with E-state index in [0.29, 0.717) is 38.8 Å². The minimum absolute atomic E-state index is 0.0488. The highest BCUT2D eigenvalue weighted by atomic mass is 16.5. The van der Waals surface area contributed by atoms with Crippen LogP contribution >= 0.6 is 0 Å². The number of nitrogens with zero attached hydrogens (tertiary/aromatic N) is 1. The van der Waals surface area contributed by atoms with Gasteiger partial charge in [-0.15, -0.1) is 0 Å². The van der Waals surface area contributed by atoms with Gasteiger partial charge in [-0.1, -0.05) is 0 Å². The fourth-order valence-electron chi connectivity index (χ4n) is 4.16. The van der Waals surface area contributed by atoms with Gasteiger partial charge in [0.25, 0.3) is 0 Å². The molecule has 0 radical (unpaired) electrons. The zero-order valence-electron chi connectivity index (χ0n) is 14.8. The van der Waals surface area contributed by atoms with Gasteiger partial charge in [0.2, 0.25) is 0 Å². The number of likely N-dealkylation sites (tertiary alicyclic amines) is 1. The quantitative estimate of drug-likeness (QED) is 0.837. The van der Waals surface area contributed by atoms with Crippen molar-refractivity contribution in [3.63, 3.8) is 0 Å². The van der Waals surface area contributed by atoms with Gasteiger partial charge < -0.3 is 14.3 Å². The summed E-state index contributed by atoms with van der Waals surface area (Å²) in [5, 5.41) is 11.0. The van der Waals surface area contributed by atoms with Crippen LogP contribution in [0.5, 0.6) is 0 Å². The summed E-state index contributed by atoms with van der Waals surface area (Å²) in [6, 6.07) is 4.33. The maximum absolute atomic E-state index is 11.9. The van der Waals surface area contributed by atoms with Crippen LogP contribution in [0.25, 0.3) is 0 Å². The first-order valence-electron chi connectivity index (χ1n) is 9.20. The highest BCUT2D eigenvalue weighted by Gasteiger charge is 2.40. The zero-order chi connectivity index (χ0) is 17.2. The summed E-state index contributed by atoms with van der Waals surface area (Å²) in [7, 11) is 0. The van der Waals surface area contributed by atoms with Gasteiger partial charge in [0.1, 0.15) is 11.5 Å². The number of carbonyl (C=O) groups excluding carboxylic acids is 1. The van der Waals surface area contributed by atoms with E-state index in [-0.39, 0.29) is 17.9 Å². The van der Waals surface area contributed by atoms with Crippen LogP contribution in [0.3, 0.4) is 0 Å². The summed E-state index contributed by atoms with van der Waals surface area (Å²) in [6.07, 6.45) is 4.97. The number of esters is 1. The van der Waals surface area contributed by atoms with Gasteiger partial charge in [-0.25, -0.2) is 0 Å². The van der Waals surface area contributed by atoms with Gasteiger partial charge in [-0.3, -0.25) is 9.69 Å². The van der Waals surface area contributed by atoms with Crippen molar-refractivity contribution in [2.75, 3.05) is 19.7 Å². The summed E-state index contributed by atoms with van der Waals surface area (Å²) < 4.78 is 10.9. The molecule has 0 bridgehead atoms. The van der Waals surface area contributed by atoms with E-state index in [2.05, 4.69) is 11.0 Å². The molecule has 1 N–H and O–H groups in total. The van der Waals surface area contributed by atoms with E-state index in [1.165, 1.54) is 0 Å². The first-order valence-corrected chi connectivity index (χ1v) is 9.20. The van der Waals surface area contributed by atoms with Crippen LogP contribution in [0.1, 0.15) is 63.0 Å². The van der Waals surface area contributed by atoms with Crippen molar-refractivity contribution >= 4 is 5.97 Å². The van der Waals surface area contributed by atoms with E-state index < -0.39 is 5.60 Å². The molecule has 1 aliphatic heterocycles. The van der Waals surface area contributed by atoms with E-state index in [4.69, 9.17) is 9.15 Å². The average molecular weight is 335 g/mol. The smallest absolute Gasteiger partial charge is 0.308 e. The van der Waals surface area contributed by atoms with Crippen molar-refractivity contribution < 1.29 is 19.1 Å². The number of carbonyl (C=O) groups is 1. The molecule has 0 aromatic carbocycles. The molecule has 1 saturated heterocycles. The Kier molecular flexibility index (Phi) is 5.30. The zero-order valence-corrected chi connectivity index (χ0v) is 14.8. The summed E-state index contributed by atoms with van der Waals surface area (Å²) in [4.78, 5) is 14.2. The third kappa shape index (κ3) is 3.83. The van der Waals surface area contributed by atoms with Crippen LogP contribution in [0, 0.1) is 12.8 Å². The second-order valence-electron chi connectivity index (χ2n) is 7.33. The maximum Gasteiger partial charge on any atom is 0.308 e. The lowest BCUT2D eigenvalue weighted by atomic mass is 9.78. The molecule has 0 spiro atoms. The number of rotatable bonds is 5. The fraction of sp³-hybridized carbons (Fsp3) is 0.737. The van der Waals surface area contributed by atoms with E-state index in [9.17, 15) is 9.90 Å². The van der Waals surface area contributed by atoms with Crippen molar-refractivity contribution in [3.05, 3.63) is 23.7 Å². The number of hydrogen-bond acceptors (Lipinski definition) is 5. The van der Waals surface area contributed by atoms with Crippen molar-refractivity contribution in [1.29, 1.82) is 0 Å². The van der Waals surface area contributed by atoms with Gasteiger partial charge in [-0.05, 0) is 71.0 Å². The number of ether oxygens (including phenoxy) is 1. The molecule has 24 heavy (non-hydrogen) atoms. The Morgan fingerprint density at radius 3 is 2.75 bits per heavy atom. The monoisotopic (exact) mass is 335 g/mol. The van der Waals surface area contributed by atoms with E-state index >= 15 is 0 Å². The Labute approximate surface area is 144 Å². The second-order valence-corrected chi connectivity index (χ2v) is 7.33. The summed E-state index contributed by atoms with van der Waals surface area (Å²) in [5.41, 5.74) is -0.701. The molecular weight excluding hydrogens is 306 g/mol. The molecule has 134 valence electrons. The molecule has 1 atom stereocenters. The molecule has 1 aliphatic carbocycles. The molecule has 3 rings (SSSR count). The predicted molar refractivity (Wildman–Crippen MR) is 90.5 cm³/mol. The molecule has 5 nitrogen and oxygen atoms in total. The number of aryl methyl sites for hydroxylation is 1. The minimum Gasteiger partial charge on any atom is -0.466 e. The number of hydrogen-bond donors (Lipinski definition) is 1. The van der Waals surface area contributed by atoms with E-state index in [1.54, 1.807) is 0 Å². The standard InChI is InChI=1S/C19H29NO4/c1-3-23-18(21)15-8-10-19(22,11-9-15)13-20-12-4-5-16(20)17-7-6-14(2)24-17/h6-7,15-16,22H,3-5,8-13H2,1-2H3/t15?,16-,19?/m1/s1. The highest BCUT2D eigenvalue weighted by Crippen LogP contribution is 2.38. The maximum atomic E-state index is 11.9. The van der Waals surface area contributed by atoms with Crippen molar-refractivity contribution in [2.24, 2.45) is 5.92 Å². The molecule has 1 aromatic rings. The number of aliphatic hydroxyl groups is 1. The van der Waals surface area contributed by atoms with Crippen LogP contribution in [0.15, 0.2) is 16.5 Å². The largest absolute Gasteiger partial charge is 0.466 e. The average Bonchev–Trinajstić information content (AvgIpc) is 3.16. The van der Waals surface area contributed by atoms with Crippen LogP contribution in [-0.2, 0) is 9.53 Å². The summed E-state index contributed by atoms with van der Waals surface area (Å²) in [5.74, 6) is 1.79.